The molecule has 5 heteroatoms. The van der Waals surface area contributed by atoms with E-state index in [2.05, 4.69) is 75.1 Å². The smallest absolute Gasteiger partial charge is 0.122 e. The first-order chi connectivity index (χ1) is 12.8. The van der Waals surface area contributed by atoms with E-state index in [0.29, 0.717) is 5.41 Å². The maximum Gasteiger partial charge on any atom is 0.122 e. The molecule has 1 aromatic carbocycles. The molecule has 1 aliphatic heterocycles. The molecule has 1 saturated heterocycles. The molecule has 1 N–H and O–H groups in total. The number of piperidine rings is 1. The van der Waals surface area contributed by atoms with Gasteiger partial charge in [-0.15, -0.1) is 0 Å². The molecule has 2 fully saturated rings. The molecule has 26 heavy (non-hydrogen) atoms. The van der Waals surface area contributed by atoms with Crippen LogP contribution in [0.15, 0.2) is 42.7 Å². The molecule has 1 atom stereocenters. The second-order valence-electron chi connectivity index (χ2n) is 7.80. The van der Waals surface area contributed by atoms with E-state index in [1.807, 2.05) is 6.20 Å². The third kappa shape index (κ3) is 4.16. The van der Waals surface area contributed by atoms with Crippen molar-refractivity contribution in [2.45, 2.75) is 37.6 Å². The maximum atomic E-state index is 4.58. The summed E-state index contributed by atoms with van der Waals surface area (Å²) in [5, 5.41) is 3.53. The summed E-state index contributed by atoms with van der Waals surface area (Å²) in [4.78, 5) is 7.29. The van der Waals surface area contributed by atoms with Gasteiger partial charge in [0.05, 0.1) is 6.54 Å². The van der Waals surface area contributed by atoms with E-state index in [9.17, 15) is 0 Å². The lowest BCUT2D eigenvalue weighted by molar-refractivity contribution is 0.200. The van der Waals surface area contributed by atoms with Crippen molar-refractivity contribution < 1.29 is 0 Å². The van der Waals surface area contributed by atoms with Gasteiger partial charge in [0.25, 0.3) is 0 Å². The Hall–Kier alpha value is -1.30. The molecule has 140 valence electrons. The van der Waals surface area contributed by atoms with Crippen LogP contribution in [0.2, 0.25) is 0 Å². The van der Waals surface area contributed by atoms with Gasteiger partial charge in [0.1, 0.15) is 5.82 Å². The van der Waals surface area contributed by atoms with Gasteiger partial charge in [-0.05, 0) is 43.3 Å². The van der Waals surface area contributed by atoms with Crippen LogP contribution in [0.5, 0.6) is 0 Å². The van der Waals surface area contributed by atoms with Crippen LogP contribution in [0.25, 0.3) is 0 Å². The first kappa shape index (κ1) is 18.1. The minimum absolute atomic E-state index is 0.584. The van der Waals surface area contributed by atoms with E-state index in [1.54, 1.807) is 0 Å². The standard InChI is InChI=1S/C21H30N4S/c1-24-12-11-23-20(24)16-25(19-15-21(19)7-9-22-10-8-21)13-14-26-17-18-5-3-2-4-6-18/h2-6,11-12,19,22H,7-10,13-17H2,1H3. The molecule has 1 aromatic heterocycles. The molecule has 2 heterocycles. The van der Waals surface area contributed by atoms with Crippen LogP contribution in [-0.2, 0) is 19.3 Å². The van der Waals surface area contributed by atoms with Gasteiger partial charge in [-0.1, -0.05) is 30.3 Å². The van der Waals surface area contributed by atoms with Crippen molar-refractivity contribution in [3.63, 3.8) is 0 Å². The Kier molecular flexibility index (Phi) is 5.67. The van der Waals surface area contributed by atoms with Gasteiger partial charge >= 0.3 is 0 Å². The average molecular weight is 371 g/mol. The SMILES string of the molecule is Cn1ccnc1CN(CCSCc1ccccc1)C1CC12CCNCC2. The minimum Gasteiger partial charge on any atom is -0.337 e. The molecule has 0 radical (unpaired) electrons. The monoisotopic (exact) mass is 370 g/mol. The molecular formula is C21H30N4S. The molecule has 0 amide bonds. The highest BCUT2D eigenvalue weighted by Gasteiger charge is 2.56. The number of rotatable bonds is 8. The summed E-state index contributed by atoms with van der Waals surface area (Å²) < 4.78 is 2.17. The lowest BCUT2D eigenvalue weighted by Crippen LogP contribution is -2.37. The predicted molar refractivity (Wildman–Crippen MR) is 109 cm³/mol. The van der Waals surface area contributed by atoms with Crippen molar-refractivity contribution >= 4 is 11.8 Å². The van der Waals surface area contributed by atoms with E-state index < -0.39 is 0 Å². The molecule has 0 bridgehead atoms. The molecule has 1 aliphatic carbocycles. The number of aromatic nitrogens is 2. The van der Waals surface area contributed by atoms with E-state index >= 15 is 0 Å². The summed E-state index contributed by atoms with van der Waals surface area (Å²) in [5.41, 5.74) is 2.01. The second-order valence-corrected chi connectivity index (χ2v) is 8.90. The third-order valence-electron chi connectivity index (χ3n) is 6.09. The van der Waals surface area contributed by atoms with Crippen molar-refractivity contribution in [3.8, 4) is 0 Å². The van der Waals surface area contributed by atoms with Crippen LogP contribution >= 0.6 is 11.8 Å². The highest BCUT2D eigenvalue weighted by atomic mass is 32.2. The van der Waals surface area contributed by atoms with E-state index in [1.165, 1.54) is 49.5 Å². The Labute approximate surface area is 161 Å². The molecule has 1 saturated carbocycles. The summed E-state index contributed by atoms with van der Waals surface area (Å²) >= 11 is 2.05. The molecule has 4 rings (SSSR count). The number of aryl methyl sites for hydroxylation is 1. The topological polar surface area (TPSA) is 33.1 Å². The highest BCUT2D eigenvalue weighted by Crippen LogP contribution is 2.55. The van der Waals surface area contributed by atoms with Crippen LogP contribution in [0.1, 0.15) is 30.7 Å². The van der Waals surface area contributed by atoms with Gasteiger partial charge in [0.2, 0.25) is 0 Å². The summed E-state index contributed by atoms with van der Waals surface area (Å²) in [6.45, 7) is 4.52. The molecule has 4 nitrogen and oxygen atoms in total. The van der Waals surface area contributed by atoms with Gasteiger partial charge in [0.15, 0.2) is 0 Å². The minimum atomic E-state index is 0.584. The molecule has 1 unspecified atom stereocenters. The number of hydrogen-bond acceptors (Lipinski definition) is 4. The first-order valence-electron chi connectivity index (χ1n) is 9.79. The Morgan fingerprint density at radius 1 is 1.27 bits per heavy atom. The molecule has 2 aromatic rings. The fourth-order valence-electron chi connectivity index (χ4n) is 4.33. The number of nitrogens with one attached hydrogen (secondary N) is 1. The van der Waals surface area contributed by atoms with Gasteiger partial charge in [0, 0.05) is 43.5 Å². The second kappa shape index (κ2) is 8.15. The van der Waals surface area contributed by atoms with Crippen molar-refractivity contribution in [3.05, 3.63) is 54.1 Å². The number of benzene rings is 1. The van der Waals surface area contributed by atoms with Crippen molar-refractivity contribution in [1.29, 1.82) is 0 Å². The van der Waals surface area contributed by atoms with Crippen LogP contribution in [-0.4, -0.2) is 45.9 Å². The third-order valence-corrected chi connectivity index (χ3v) is 7.10. The Morgan fingerprint density at radius 3 is 2.81 bits per heavy atom. The van der Waals surface area contributed by atoms with E-state index in [0.717, 1.165) is 24.9 Å². The largest absolute Gasteiger partial charge is 0.337 e. The zero-order chi connectivity index (χ0) is 17.8. The van der Waals surface area contributed by atoms with Crippen LogP contribution < -0.4 is 5.32 Å². The van der Waals surface area contributed by atoms with Crippen LogP contribution in [0, 0.1) is 5.41 Å². The maximum absolute atomic E-state index is 4.58. The number of hydrogen-bond donors (Lipinski definition) is 1. The summed E-state index contributed by atoms with van der Waals surface area (Å²) in [7, 11) is 2.11. The fraction of sp³-hybridized carbons (Fsp3) is 0.571. The van der Waals surface area contributed by atoms with Crippen LogP contribution in [0.3, 0.4) is 0 Å². The predicted octanol–water partition coefficient (Wildman–Crippen LogP) is 3.30. The average Bonchev–Trinajstić information content (AvgIpc) is 3.20. The summed E-state index contributed by atoms with van der Waals surface area (Å²) in [6, 6.07) is 11.6. The van der Waals surface area contributed by atoms with E-state index in [-0.39, 0.29) is 0 Å². The molecular weight excluding hydrogens is 340 g/mol. The van der Waals surface area contributed by atoms with Gasteiger partial charge in [-0.3, -0.25) is 4.90 Å². The van der Waals surface area contributed by atoms with Crippen molar-refractivity contribution in [2.24, 2.45) is 12.5 Å². The van der Waals surface area contributed by atoms with Gasteiger partial charge < -0.3 is 9.88 Å². The fourth-order valence-corrected chi connectivity index (χ4v) is 5.26. The first-order valence-corrected chi connectivity index (χ1v) is 10.9. The van der Waals surface area contributed by atoms with Crippen molar-refractivity contribution in [1.82, 2.24) is 19.8 Å². The van der Waals surface area contributed by atoms with Gasteiger partial charge in [-0.25, -0.2) is 4.98 Å². The molecule has 2 aliphatic rings. The lowest BCUT2D eigenvalue weighted by atomic mass is 9.93. The summed E-state index contributed by atoms with van der Waals surface area (Å²) in [5.74, 6) is 3.48. The Bertz CT molecular complexity index is 693. The lowest BCUT2D eigenvalue weighted by Gasteiger charge is -2.29. The Morgan fingerprint density at radius 2 is 2.08 bits per heavy atom. The highest BCUT2D eigenvalue weighted by molar-refractivity contribution is 7.98. The number of imidazole rings is 1. The van der Waals surface area contributed by atoms with Gasteiger partial charge in [-0.2, -0.15) is 11.8 Å². The number of nitrogens with zero attached hydrogens (tertiary/aromatic N) is 3. The number of thioether (sulfide) groups is 1. The van der Waals surface area contributed by atoms with Crippen LogP contribution in [0.4, 0.5) is 0 Å². The summed E-state index contributed by atoms with van der Waals surface area (Å²) in [6.07, 6.45) is 8.04. The zero-order valence-corrected chi connectivity index (χ0v) is 16.5. The molecule has 1 spiro atoms. The normalized spacial score (nSPS) is 21.4. The quantitative estimate of drug-likeness (QED) is 0.723. The zero-order valence-electron chi connectivity index (χ0n) is 15.7. The van der Waals surface area contributed by atoms with Crippen molar-refractivity contribution in [2.75, 3.05) is 25.4 Å². The van der Waals surface area contributed by atoms with E-state index in [4.69, 9.17) is 0 Å². The Balaban J connectivity index is 1.34.